The van der Waals surface area contributed by atoms with Crippen molar-refractivity contribution in [3.8, 4) is 5.75 Å². The van der Waals surface area contributed by atoms with Crippen LogP contribution in [0.2, 0.25) is 0 Å². The molecule has 0 saturated carbocycles. The number of nitrogens with one attached hydrogen (secondary N) is 2. The highest BCUT2D eigenvalue weighted by molar-refractivity contribution is 14.0. The Bertz CT molecular complexity index is 771. The number of rotatable bonds is 8. The molecule has 7 nitrogen and oxygen atoms in total. The van der Waals surface area contributed by atoms with Crippen LogP contribution < -0.4 is 15.4 Å². The number of likely N-dealkylation sites (tertiary alicyclic amines) is 1. The van der Waals surface area contributed by atoms with E-state index < -0.39 is 12.8 Å². The maximum absolute atomic E-state index is 12.5. The van der Waals surface area contributed by atoms with Gasteiger partial charge in [-0.2, -0.15) is 13.2 Å². The van der Waals surface area contributed by atoms with Gasteiger partial charge in [-0.25, -0.2) is 4.99 Å². The zero-order valence-electron chi connectivity index (χ0n) is 17.6. The lowest BCUT2D eigenvalue weighted by molar-refractivity contribution is -0.153. The maximum atomic E-state index is 12.5. The predicted molar refractivity (Wildman–Crippen MR) is 122 cm³/mol. The second kappa shape index (κ2) is 12.7. The van der Waals surface area contributed by atoms with E-state index in [4.69, 9.17) is 4.74 Å². The minimum atomic E-state index is -4.43. The van der Waals surface area contributed by atoms with Crippen molar-refractivity contribution < 1.29 is 27.5 Å². The van der Waals surface area contributed by atoms with Crippen LogP contribution in [0.5, 0.6) is 5.75 Å². The van der Waals surface area contributed by atoms with E-state index in [1.807, 2.05) is 6.92 Å². The number of aryl methyl sites for hydroxylation is 1. The van der Waals surface area contributed by atoms with Gasteiger partial charge in [0.05, 0.1) is 6.54 Å². The number of alkyl halides is 3. The van der Waals surface area contributed by atoms with Crippen LogP contribution in [0.25, 0.3) is 0 Å². The molecule has 1 aromatic carbocycles. The molecule has 0 aliphatic carbocycles. The van der Waals surface area contributed by atoms with E-state index in [-0.39, 0.29) is 54.6 Å². The first-order chi connectivity index (χ1) is 14.2. The van der Waals surface area contributed by atoms with Crippen molar-refractivity contribution in [3.63, 3.8) is 0 Å². The number of ether oxygens (including phenoxy) is 1. The van der Waals surface area contributed by atoms with Crippen molar-refractivity contribution >= 4 is 41.8 Å². The Morgan fingerprint density at radius 2 is 1.87 bits per heavy atom. The van der Waals surface area contributed by atoms with Crippen LogP contribution in [0.4, 0.5) is 13.2 Å². The molecule has 2 N–H and O–H groups in total. The van der Waals surface area contributed by atoms with Gasteiger partial charge in [-0.3, -0.25) is 14.5 Å². The zero-order chi connectivity index (χ0) is 22.1. The molecular formula is C20H28F3IN4O3. The number of hydrogen-bond donors (Lipinski definition) is 2. The first-order valence-corrected chi connectivity index (χ1v) is 9.84. The van der Waals surface area contributed by atoms with Crippen molar-refractivity contribution in [1.82, 2.24) is 15.5 Å². The average Bonchev–Trinajstić information content (AvgIpc) is 2.67. The number of carbonyl (C=O) groups excluding carboxylic acids is 2. The lowest BCUT2D eigenvalue weighted by Crippen LogP contribution is -2.46. The molecule has 174 valence electrons. The first kappa shape index (κ1) is 27.0. The van der Waals surface area contributed by atoms with Gasteiger partial charge in [0.2, 0.25) is 11.8 Å². The number of halogens is 4. The number of carbonyl (C=O) groups is 2. The van der Waals surface area contributed by atoms with Crippen LogP contribution in [0.15, 0.2) is 23.2 Å². The highest BCUT2D eigenvalue weighted by Crippen LogP contribution is 2.24. The Morgan fingerprint density at radius 1 is 1.19 bits per heavy atom. The van der Waals surface area contributed by atoms with Crippen LogP contribution in [-0.2, 0) is 16.1 Å². The van der Waals surface area contributed by atoms with Gasteiger partial charge in [-0.05, 0) is 31.9 Å². The smallest absolute Gasteiger partial charge is 0.422 e. The highest BCUT2D eigenvalue weighted by atomic mass is 127. The van der Waals surface area contributed by atoms with Crippen LogP contribution in [0, 0.1) is 6.92 Å². The standard InChI is InChI=1S/C20H27F3N4O3.HI/c1-3-24-19(25-9-10-27-17(28)5-4-6-18(27)29)26-12-15-8-7-14(2)11-16(15)30-13-20(21,22)23;/h7-8,11H,3-6,9-10,12-13H2,1-2H3,(H2,24,25,26);1H. The fourth-order valence-corrected chi connectivity index (χ4v) is 2.93. The van der Waals surface area contributed by atoms with Gasteiger partial charge in [-0.15, -0.1) is 24.0 Å². The van der Waals surface area contributed by atoms with Crippen LogP contribution >= 0.6 is 24.0 Å². The largest absolute Gasteiger partial charge is 0.484 e. The summed E-state index contributed by atoms with van der Waals surface area (Å²) in [5.41, 5.74) is 1.30. The van der Waals surface area contributed by atoms with Crippen molar-refractivity contribution in [2.45, 2.75) is 45.8 Å². The Morgan fingerprint density at radius 3 is 2.48 bits per heavy atom. The van der Waals surface area contributed by atoms with E-state index >= 15 is 0 Å². The number of amides is 2. The summed E-state index contributed by atoms with van der Waals surface area (Å²) >= 11 is 0. The van der Waals surface area contributed by atoms with Gasteiger partial charge >= 0.3 is 6.18 Å². The summed E-state index contributed by atoms with van der Waals surface area (Å²) in [4.78, 5) is 29.3. The molecule has 0 bridgehead atoms. The van der Waals surface area contributed by atoms with Gasteiger partial charge in [0.25, 0.3) is 0 Å². The van der Waals surface area contributed by atoms with Crippen molar-refractivity contribution in [2.75, 3.05) is 26.2 Å². The van der Waals surface area contributed by atoms with Crippen LogP contribution in [0.3, 0.4) is 0 Å². The quantitative estimate of drug-likeness (QED) is 0.223. The molecule has 11 heteroatoms. The molecule has 1 heterocycles. The fraction of sp³-hybridized carbons (Fsp3) is 0.550. The molecule has 0 spiro atoms. The molecular weight excluding hydrogens is 528 g/mol. The molecule has 1 aliphatic heterocycles. The summed E-state index contributed by atoms with van der Waals surface area (Å²) in [5, 5.41) is 6.07. The molecule has 1 aliphatic rings. The van der Waals surface area contributed by atoms with Gasteiger partial charge in [0.1, 0.15) is 5.75 Å². The third-order valence-corrected chi connectivity index (χ3v) is 4.38. The fourth-order valence-electron chi connectivity index (χ4n) is 2.93. The lowest BCUT2D eigenvalue weighted by atomic mass is 10.1. The summed E-state index contributed by atoms with van der Waals surface area (Å²) in [6.07, 6.45) is -3.10. The number of benzene rings is 1. The van der Waals surface area contributed by atoms with E-state index in [0.717, 1.165) is 5.56 Å². The van der Waals surface area contributed by atoms with Gasteiger partial charge < -0.3 is 15.4 Å². The SMILES string of the molecule is CCNC(=NCc1ccc(C)cc1OCC(F)(F)F)NCCN1C(=O)CCCC1=O.I. The average molecular weight is 556 g/mol. The molecule has 2 amide bonds. The Balaban J connectivity index is 0.00000480. The normalized spacial score (nSPS) is 14.9. The van der Waals surface area contributed by atoms with Crippen LogP contribution in [0.1, 0.15) is 37.3 Å². The number of aliphatic imine (C=N–C) groups is 1. The van der Waals surface area contributed by atoms with E-state index in [1.54, 1.807) is 25.1 Å². The second-order valence-corrected chi connectivity index (χ2v) is 6.93. The zero-order valence-corrected chi connectivity index (χ0v) is 19.9. The Labute approximate surface area is 196 Å². The molecule has 0 radical (unpaired) electrons. The highest BCUT2D eigenvalue weighted by Gasteiger charge is 2.29. The number of guanidine groups is 1. The molecule has 0 atom stereocenters. The predicted octanol–water partition coefficient (Wildman–Crippen LogP) is 3.15. The van der Waals surface area contributed by atoms with Crippen molar-refractivity contribution in [1.29, 1.82) is 0 Å². The van der Waals surface area contributed by atoms with E-state index in [9.17, 15) is 22.8 Å². The van der Waals surface area contributed by atoms with Gasteiger partial charge in [0.15, 0.2) is 12.6 Å². The molecule has 2 rings (SSSR count). The summed E-state index contributed by atoms with van der Waals surface area (Å²) < 4.78 is 42.5. The van der Waals surface area contributed by atoms with Crippen molar-refractivity contribution in [2.24, 2.45) is 4.99 Å². The third-order valence-electron chi connectivity index (χ3n) is 4.38. The number of imide groups is 1. The monoisotopic (exact) mass is 556 g/mol. The van der Waals surface area contributed by atoms with Gasteiger partial charge in [-0.1, -0.05) is 12.1 Å². The number of hydrogen-bond acceptors (Lipinski definition) is 4. The van der Waals surface area contributed by atoms with E-state index in [1.165, 1.54) is 4.90 Å². The molecule has 1 saturated heterocycles. The molecule has 1 fully saturated rings. The molecule has 31 heavy (non-hydrogen) atoms. The number of nitrogens with zero attached hydrogens (tertiary/aromatic N) is 2. The second-order valence-electron chi connectivity index (χ2n) is 6.93. The van der Waals surface area contributed by atoms with Crippen LogP contribution in [-0.4, -0.2) is 55.1 Å². The Hall–Kier alpha value is -2.05. The lowest BCUT2D eigenvalue weighted by Gasteiger charge is -2.25. The maximum Gasteiger partial charge on any atom is 0.422 e. The molecule has 1 aromatic rings. The topological polar surface area (TPSA) is 83.0 Å². The van der Waals surface area contributed by atoms with Crippen molar-refractivity contribution in [3.05, 3.63) is 29.3 Å². The summed E-state index contributed by atoms with van der Waals surface area (Å²) in [7, 11) is 0. The Kier molecular flexibility index (Phi) is 11.1. The first-order valence-electron chi connectivity index (χ1n) is 9.84. The summed E-state index contributed by atoms with van der Waals surface area (Å²) in [6, 6.07) is 5.00. The number of piperidine rings is 1. The third kappa shape index (κ3) is 9.32. The van der Waals surface area contributed by atoms with E-state index in [2.05, 4.69) is 15.6 Å². The van der Waals surface area contributed by atoms with E-state index in [0.29, 0.717) is 43.9 Å². The molecule has 0 aromatic heterocycles. The summed E-state index contributed by atoms with van der Waals surface area (Å²) in [5.74, 6) is 0.204. The van der Waals surface area contributed by atoms with Gasteiger partial charge in [0, 0.05) is 38.0 Å². The minimum absolute atomic E-state index is 0. The minimum Gasteiger partial charge on any atom is -0.484 e. The molecule has 0 unspecified atom stereocenters. The summed E-state index contributed by atoms with van der Waals surface area (Å²) in [6.45, 7) is 3.48.